The van der Waals surface area contributed by atoms with E-state index in [1.807, 2.05) is 0 Å². The smallest absolute Gasteiger partial charge is 0.332 e. The molecule has 0 bridgehead atoms. The fourth-order valence-electron chi connectivity index (χ4n) is 3.96. The second-order valence-corrected chi connectivity index (χ2v) is 7.20. The number of halogens is 2. The first-order valence-electron chi connectivity index (χ1n) is 8.06. The molecule has 1 fully saturated rings. The number of carbonyl (C=O) groups is 2. The van der Waals surface area contributed by atoms with Crippen molar-refractivity contribution < 1.29 is 24.2 Å². The zero-order valence-corrected chi connectivity index (χ0v) is 14.6. The van der Waals surface area contributed by atoms with E-state index in [1.54, 1.807) is 19.9 Å². The second kappa shape index (κ2) is 5.99. The largest absolute Gasteiger partial charge is 0.481 e. The van der Waals surface area contributed by atoms with Crippen LogP contribution < -0.4 is 0 Å². The first-order chi connectivity index (χ1) is 11.7. The molecule has 1 aromatic rings. The van der Waals surface area contributed by atoms with Crippen LogP contribution in [0.4, 0.5) is 4.39 Å². The Balaban J connectivity index is 2.32. The van der Waals surface area contributed by atoms with E-state index >= 15 is 0 Å². The molecule has 2 unspecified atom stereocenters. The van der Waals surface area contributed by atoms with E-state index in [0.717, 1.165) is 0 Å². The quantitative estimate of drug-likeness (QED) is 0.830. The van der Waals surface area contributed by atoms with Gasteiger partial charge in [0, 0.05) is 22.1 Å². The van der Waals surface area contributed by atoms with Gasteiger partial charge in [-0.1, -0.05) is 24.6 Å². The van der Waals surface area contributed by atoms with Crippen molar-refractivity contribution in [2.24, 2.45) is 17.3 Å². The van der Waals surface area contributed by atoms with Crippen molar-refractivity contribution >= 4 is 29.1 Å². The molecule has 1 saturated carbocycles. The third kappa shape index (κ3) is 2.67. The van der Waals surface area contributed by atoms with E-state index in [-0.39, 0.29) is 17.1 Å². The molecule has 2 aliphatic rings. The van der Waals surface area contributed by atoms with Gasteiger partial charge in [0.1, 0.15) is 5.82 Å². The van der Waals surface area contributed by atoms with Crippen molar-refractivity contribution in [3.63, 3.8) is 0 Å². The van der Waals surface area contributed by atoms with E-state index in [4.69, 9.17) is 11.6 Å². The summed E-state index contributed by atoms with van der Waals surface area (Å²) in [6, 6.07) is 4.00. The number of hydrogen-bond acceptors (Lipinski definition) is 2. The van der Waals surface area contributed by atoms with Gasteiger partial charge in [-0.05, 0) is 55.0 Å². The number of carboxylic acid groups (broad SMARTS) is 2. The lowest BCUT2D eigenvalue weighted by Crippen LogP contribution is -2.42. The predicted molar refractivity (Wildman–Crippen MR) is 91.7 cm³/mol. The minimum atomic E-state index is -1.35. The summed E-state index contributed by atoms with van der Waals surface area (Å²) in [5, 5.41) is 19.9. The minimum Gasteiger partial charge on any atom is -0.481 e. The molecule has 25 heavy (non-hydrogen) atoms. The fourth-order valence-corrected chi connectivity index (χ4v) is 4.14. The Bertz CT molecular complexity index is 838. The summed E-state index contributed by atoms with van der Waals surface area (Å²) in [6.07, 6.45) is 2.98. The molecule has 0 amide bonds. The lowest BCUT2D eigenvalue weighted by molar-refractivity contribution is -0.149. The average molecular weight is 365 g/mol. The Hall–Kier alpha value is -2.14. The van der Waals surface area contributed by atoms with Crippen LogP contribution in [-0.2, 0) is 9.59 Å². The van der Waals surface area contributed by atoms with Crippen LogP contribution in [0.15, 0.2) is 35.4 Å². The van der Waals surface area contributed by atoms with Gasteiger partial charge in [0.15, 0.2) is 0 Å². The molecule has 1 aromatic carbocycles. The summed E-state index contributed by atoms with van der Waals surface area (Å²) in [7, 11) is 0. The maximum absolute atomic E-state index is 14.4. The van der Waals surface area contributed by atoms with Crippen LogP contribution in [0.25, 0.3) is 5.57 Å². The standard InChI is InChI=1S/C19H18ClFO4/c1-9-14(13-7-12(20)5-6-15(13)21)8-19(18(24)25,11-3-4-11)10(2)16(9)17(22)23/h5-8,10-11H,3-4H2,1-2H3,(H,22,23)(H,24,25). The summed E-state index contributed by atoms with van der Waals surface area (Å²) < 4.78 is 14.4. The predicted octanol–water partition coefficient (Wildman–Crippen LogP) is 4.39. The van der Waals surface area contributed by atoms with Gasteiger partial charge >= 0.3 is 11.9 Å². The van der Waals surface area contributed by atoms with E-state index in [1.165, 1.54) is 18.2 Å². The third-order valence-electron chi connectivity index (χ3n) is 5.41. The van der Waals surface area contributed by atoms with Gasteiger partial charge < -0.3 is 10.2 Å². The summed E-state index contributed by atoms with van der Waals surface area (Å²) in [5.74, 6) is -3.68. The first-order valence-corrected chi connectivity index (χ1v) is 8.44. The minimum absolute atomic E-state index is 0.0196. The highest BCUT2D eigenvalue weighted by atomic mass is 35.5. The molecular formula is C19H18ClFO4. The fraction of sp³-hybridized carbons (Fsp3) is 0.368. The number of carboxylic acids is 2. The normalized spacial score (nSPS) is 26.4. The van der Waals surface area contributed by atoms with Gasteiger partial charge in [-0.25, -0.2) is 9.18 Å². The third-order valence-corrected chi connectivity index (χ3v) is 5.65. The van der Waals surface area contributed by atoms with Crippen molar-refractivity contribution in [3.05, 3.63) is 51.8 Å². The molecule has 132 valence electrons. The lowest BCUT2D eigenvalue weighted by Gasteiger charge is -2.38. The van der Waals surface area contributed by atoms with Gasteiger partial charge in [-0.2, -0.15) is 0 Å². The molecule has 0 aliphatic heterocycles. The molecule has 0 heterocycles. The Kier molecular flexibility index (Phi) is 4.23. The molecule has 0 saturated heterocycles. The Morgan fingerprint density at radius 3 is 2.44 bits per heavy atom. The summed E-state index contributed by atoms with van der Waals surface area (Å²) in [6.45, 7) is 3.21. The van der Waals surface area contributed by atoms with Gasteiger partial charge in [0.05, 0.1) is 5.41 Å². The SMILES string of the molecule is CC1=C(C(=O)O)C(C)C(C(=O)O)(C2CC2)C=C1c1cc(Cl)ccc1F. The highest BCUT2D eigenvalue weighted by molar-refractivity contribution is 6.30. The highest BCUT2D eigenvalue weighted by Crippen LogP contribution is 2.57. The Morgan fingerprint density at radius 2 is 1.92 bits per heavy atom. The maximum Gasteiger partial charge on any atom is 0.332 e. The monoisotopic (exact) mass is 364 g/mol. The molecule has 6 heteroatoms. The van der Waals surface area contributed by atoms with Gasteiger partial charge in [0.25, 0.3) is 0 Å². The van der Waals surface area contributed by atoms with Crippen molar-refractivity contribution in [1.29, 1.82) is 0 Å². The molecule has 2 N–H and O–H groups in total. The Labute approximate surface area is 149 Å². The zero-order chi connectivity index (χ0) is 18.5. The van der Waals surface area contributed by atoms with Crippen LogP contribution in [0.1, 0.15) is 32.3 Å². The van der Waals surface area contributed by atoms with E-state index < -0.39 is 29.1 Å². The molecular weight excluding hydrogens is 347 g/mol. The lowest BCUT2D eigenvalue weighted by atomic mass is 9.63. The molecule has 3 rings (SSSR count). The maximum atomic E-state index is 14.4. The van der Waals surface area contributed by atoms with Gasteiger partial charge in [-0.3, -0.25) is 4.79 Å². The van der Waals surface area contributed by atoms with Crippen LogP contribution in [0.2, 0.25) is 5.02 Å². The molecule has 4 nitrogen and oxygen atoms in total. The Morgan fingerprint density at radius 1 is 1.28 bits per heavy atom. The number of aliphatic carboxylic acids is 2. The van der Waals surface area contributed by atoms with Gasteiger partial charge in [-0.15, -0.1) is 0 Å². The van der Waals surface area contributed by atoms with E-state index in [2.05, 4.69) is 0 Å². The van der Waals surface area contributed by atoms with Crippen LogP contribution in [0.5, 0.6) is 0 Å². The van der Waals surface area contributed by atoms with E-state index in [0.29, 0.717) is 29.0 Å². The summed E-state index contributed by atoms with van der Waals surface area (Å²) in [5.41, 5.74) is -0.534. The number of rotatable bonds is 4. The second-order valence-electron chi connectivity index (χ2n) is 6.76. The molecule has 0 aromatic heterocycles. The van der Waals surface area contributed by atoms with Crippen molar-refractivity contribution in [1.82, 2.24) is 0 Å². The number of hydrogen-bond donors (Lipinski definition) is 2. The van der Waals surface area contributed by atoms with Crippen LogP contribution in [0, 0.1) is 23.1 Å². The van der Waals surface area contributed by atoms with Crippen molar-refractivity contribution in [3.8, 4) is 0 Å². The van der Waals surface area contributed by atoms with Gasteiger partial charge in [0.2, 0.25) is 0 Å². The summed E-state index contributed by atoms with van der Waals surface area (Å²) in [4.78, 5) is 24.1. The zero-order valence-electron chi connectivity index (χ0n) is 13.8. The summed E-state index contributed by atoms with van der Waals surface area (Å²) >= 11 is 5.98. The van der Waals surface area contributed by atoms with Crippen LogP contribution in [0.3, 0.4) is 0 Å². The molecule has 2 aliphatic carbocycles. The van der Waals surface area contributed by atoms with Crippen molar-refractivity contribution in [2.45, 2.75) is 26.7 Å². The van der Waals surface area contributed by atoms with E-state index in [9.17, 15) is 24.2 Å². The van der Waals surface area contributed by atoms with Crippen molar-refractivity contribution in [2.75, 3.05) is 0 Å². The molecule has 2 atom stereocenters. The highest BCUT2D eigenvalue weighted by Gasteiger charge is 2.57. The molecule has 0 spiro atoms. The number of benzene rings is 1. The average Bonchev–Trinajstić information content (AvgIpc) is 3.35. The van der Waals surface area contributed by atoms with Crippen LogP contribution in [-0.4, -0.2) is 22.2 Å². The molecule has 0 radical (unpaired) electrons. The first kappa shape index (κ1) is 17.7. The number of allylic oxidation sites excluding steroid dienone is 2. The topological polar surface area (TPSA) is 74.6 Å². The van der Waals surface area contributed by atoms with Crippen LogP contribution >= 0.6 is 11.6 Å².